The average Bonchev–Trinajstić information content (AvgIpc) is 2.96. The average molecular weight is 367 g/mol. The Bertz CT molecular complexity index is 451. The molecule has 0 N–H and O–H groups in total. The molecule has 6 nitrogen and oxygen atoms in total. The van der Waals surface area contributed by atoms with Gasteiger partial charge in [0.25, 0.3) is 8.53 Å². The van der Waals surface area contributed by atoms with Gasteiger partial charge >= 0.3 is 0 Å². The summed E-state index contributed by atoms with van der Waals surface area (Å²) in [4.78, 5) is 17.2. The van der Waals surface area contributed by atoms with E-state index < -0.39 is 8.53 Å². The Labute approximate surface area is 155 Å². The Morgan fingerprint density at radius 1 is 1.40 bits per heavy atom. The van der Waals surface area contributed by atoms with Crippen LogP contribution in [0.5, 0.6) is 0 Å². The Kier molecular flexibility index (Phi) is 9.96. The van der Waals surface area contributed by atoms with Crippen molar-refractivity contribution in [1.29, 1.82) is 0 Å². The van der Waals surface area contributed by atoms with Crippen molar-refractivity contribution in [3.63, 3.8) is 0 Å². The van der Waals surface area contributed by atoms with Gasteiger partial charge in [-0.1, -0.05) is 6.92 Å². The normalized spacial score (nSPS) is 22.0. The van der Waals surface area contributed by atoms with Gasteiger partial charge in [0, 0.05) is 24.7 Å². The lowest BCUT2D eigenvalue weighted by Crippen LogP contribution is -2.36. The highest BCUT2D eigenvalue weighted by atomic mass is 31.2. The Morgan fingerprint density at radius 2 is 2.04 bits per heavy atom. The van der Waals surface area contributed by atoms with Crippen molar-refractivity contribution in [2.45, 2.75) is 78.0 Å². The van der Waals surface area contributed by atoms with Crippen molar-refractivity contribution in [2.24, 2.45) is 0 Å². The summed E-state index contributed by atoms with van der Waals surface area (Å²) in [6.07, 6.45) is 1.67. The van der Waals surface area contributed by atoms with Crippen LogP contribution in [0, 0.1) is 6.57 Å². The van der Waals surface area contributed by atoms with Crippen LogP contribution in [0.4, 0.5) is 0 Å². The van der Waals surface area contributed by atoms with Crippen LogP contribution >= 0.6 is 8.53 Å². The van der Waals surface area contributed by atoms with Crippen molar-refractivity contribution >= 4 is 22.3 Å². The number of carbonyl (C=O) groups is 1. The Hall–Kier alpha value is -0.665. The van der Waals surface area contributed by atoms with Gasteiger partial charge in [0.1, 0.15) is 6.61 Å². The minimum Gasteiger partial charge on any atom is -0.338 e. The molecule has 0 bridgehead atoms. The van der Waals surface area contributed by atoms with Gasteiger partial charge in [-0.05, 0) is 46.9 Å². The van der Waals surface area contributed by atoms with E-state index in [1.165, 1.54) is 0 Å². The van der Waals surface area contributed by atoms with E-state index in [-0.39, 0.29) is 36.5 Å². The second-order valence-electron chi connectivity index (χ2n) is 6.80. The zero-order valence-electron chi connectivity index (χ0n) is 16.1. The first-order valence-electron chi connectivity index (χ1n) is 9.06. The van der Waals surface area contributed by atoms with E-state index in [4.69, 9.17) is 23.5 Å². The molecule has 8 heteroatoms. The van der Waals surface area contributed by atoms with Gasteiger partial charge in [-0.25, -0.2) is 11.2 Å². The zero-order valence-corrected chi connectivity index (χ0v) is 17.0. The summed E-state index contributed by atoms with van der Waals surface area (Å²) in [5.41, 5.74) is 0. The molecule has 0 spiro atoms. The van der Waals surface area contributed by atoms with Gasteiger partial charge in [-0.2, -0.15) is 0 Å². The summed E-state index contributed by atoms with van der Waals surface area (Å²) in [7, 11) is 4.26. The van der Waals surface area contributed by atoms with E-state index in [1.54, 1.807) is 0 Å². The van der Waals surface area contributed by atoms with E-state index in [0.717, 1.165) is 12.8 Å². The third-order valence-electron chi connectivity index (χ3n) is 4.23. The SMILES string of the molecule is [B]CC(=O)N1C[C@H](OP(OCC[N+]#[C-])N(C(C)C)C(C)C)C[C@H]1CC. The first kappa shape index (κ1) is 22.4. The maximum Gasteiger partial charge on any atom is 0.259 e. The van der Waals surface area contributed by atoms with E-state index in [9.17, 15) is 4.79 Å². The van der Waals surface area contributed by atoms with Crippen molar-refractivity contribution in [2.75, 3.05) is 19.7 Å². The molecule has 1 amide bonds. The van der Waals surface area contributed by atoms with Crippen molar-refractivity contribution < 1.29 is 13.8 Å². The molecule has 0 aromatic rings. The molecule has 0 aromatic heterocycles. The minimum atomic E-state index is -1.27. The third kappa shape index (κ3) is 6.53. The molecule has 140 valence electrons. The summed E-state index contributed by atoms with van der Waals surface area (Å²) >= 11 is 0. The lowest BCUT2D eigenvalue weighted by atomic mass is 10.0. The fourth-order valence-corrected chi connectivity index (χ4v) is 4.88. The summed E-state index contributed by atoms with van der Waals surface area (Å²) in [5, 5.41) is 0. The lowest BCUT2D eigenvalue weighted by molar-refractivity contribution is -0.129. The van der Waals surface area contributed by atoms with Crippen LogP contribution in [0.15, 0.2) is 0 Å². The quantitative estimate of drug-likeness (QED) is 0.257. The topological polar surface area (TPSA) is 46.4 Å². The first-order valence-corrected chi connectivity index (χ1v) is 10.2. The van der Waals surface area contributed by atoms with Crippen molar-refractivity contribution in [1.82, 2.24) is 9.57 Å². The lowest BCUT2D eigenvalue weighted by Gasteiger charge is -2.36. The zero-order chi connectivity index (χ0) is 19.0. The molecule has 1 unspecified atom stereocenters. The summed E-state index contributed by atoms with van der Waals surface area (Å²) in [5.74, 6) is -0.0271. The third-order valence-corrected chi connectivity index (χ3v) is 6.42. The molecule has 1 saturated heterocycles. The second-order valence-corrected chi connectivity index (χ2v) is 8.20. The van der Waals surface area contributed by atoms with Gasteiger partial charge < -0.3 is 18.8 Å². The smallest absolute Gasteiger partial charge is 0.259 e. The summed E-state index contributed by atoms with van der Waals surface area (Å²) < 4.78 is 14.5. The van der Waals surface area contributed by atoms with Crippen LogP contribution in [0.2, 0.25) is 6.32 Å². The molecule has 3 atom stereocenters. The standard InChI is InChI=1S/C17H31BN3O3P/c1-7-15-10-16(12-20(15)17(22)11-18)24-25(23-9-8-19-6)21(13(2)3)14(4)5/h13-16H,7-12H2,1-5H3/t15-,16-,25?/m1/s1. The van der Waals surface area contributed by atoms with E-state index in [2.05, 4.69) is 44.1 Å². The van der Waals surface area contributed by atoms with Gasteiger partial charge in [0.15, 0.2) is 0 Å². The highest BCUT2D eigenvalue weighted by Gasteiger charge is 2.38. The minimum absolute atomic E-state index is 0.0271. The molecular weight excluding hydrogens is 336 g/mol. The maximum absolute atomic E-state index is 12.1. The molecule has 1 heterocycles. The van der Waals surface area contributed by atoms with Gasteiger partial charge in [-0.3, -0.25) is 4.79 Å². The molecule has 0 saturated carbocycles. The Morgan fingerprint density at radius 3 is 2.52 bits per heavy atom. The number of hydrogen-bond acceptors (Lipinski definition) is 4. The molecule has 1 rings (SSSR count). The number of carbonyl (C=O) groups excluding carboxylic acids is 1. The molecule has 25 heavy (non-hydrogen) atoms. The number of rotatable bonds is 10. The molecule has 1 aliphatic rings. The highest BCUT2D eigenvalue weighted by Crippen LogP contribution is 2.48. The van der Waals surface area contributed by atoms with E-state index in [0.29, 0.717) is 19.7 Å². The number of nitrogens with zero attached hydrogens (tertiary/aromatic N) is 3. The Balaban J connectivity index is 2.83. The summed E-state index contributed by atoms with van der Waals surface area (Å²) in [6.45, 7) is 18.7. The predicted molar refractivity (Wildman–Crippen MR) is 102 cm³/mol. The molecule has 0 aromatic carbocycles. The predicted octanol–water partition coefficient (Wildman–Crippen LogP) is 3.25. The van der Waals surface area contributed by atoms with Crippen LogP contribution < -0.4 is 0 Å². The molecular formula is C17H31BN3O3P. The van der Waals surface area contributed by atoms with E-state index >= 15 is 0 Å². The van der Waals surface area contributed by atoms with Crippen molar-refractivity contribution in [3.05, 3.63) is 11.4 Å². The fourth-order valence-electron chi connectivity index (χ4n) is 3.18. The van der Waals surface area contributed by atoms with E-state index in [1.807, 2.05) is 4.90 Å². The summed E-state index contributed by atoms with van der Waals surface area (Å²) in [6, 6.07) is 0.709. The molecule has 1 fully saturated rings. The van der Waals surface area contributed by atoms with Gasteiger partial charge in [-0.15, -0.1) is 0 Å². The van der Waals surface area contributed by atoms with Crippen LogP contribution in [0.1, 0.15) is 47.5 Å². The van der Waals surface area contributed by atoms with Gasteiger partial charge in [0.2, 0.25) is 12.5 Å². The molecule has 2 radical (unpaired) electrons. The number of hydrogen-bond donors (Lipinski definition) is 0. The second kappa shape index (κ2) is 11.1. The fraction of sp³-hybridized carbons (Fsp3) is 0.882. The largest absolute Gasteiger partial charge is 0.338 e. The number of amides is 1. The van der Waals surface area contributed by atoms with Crippen LogP contribution in [-0.4, -0.2) is 67.2 Å². The molecule has 0 aliphatic carbocycles. The number of likely N-dealkylation sites (tertiary alicyclic amines) is 1. The van der Waals surface area contributed by atoms with Crippen LogP contribution in [0.3, 0.4) is 0 Å². The highest BCUT2D eigenvalue weighted by molar-refractivity contribution is 7.44. The van der Waals surface area contributed by atoms with Crippen molar-refractivity contribution in [3.8, 4) is 0 Å². The monoisotopic (exact) mass is 367 g/mol. The van der Waals surface area contributed by atoms with Gasteiger partial charge in [0.05, 0.1) is 14.0 Å². The van der Waals surface area contributed by atoms with Crippen LogP contribution in [-0.2, 0) is 13.8 Å². The first-order chi connectivity index (χ1) is 11.8. The molecule has 1 aliphatic heterocycles. The maximum atomic E-state index is 12.1. The van der Waals surface area contributed by atoms with Crippen LogP contribution in [0.25, 0.3) is 4.85 Å².